The number of rotatable bonds is 1. The zero-order valence-electron chi connectivity index (χ0n) is 7.94. The molecule has 0 unspecified atom stereocenters. The average molecular weight is 224 g/mol. The van der Waals surface area contributed by atoms with Crippen molar-refractivity contribution in [3.05, 3.63) is 17.8 Å². The first-order valence-corrected chi connectivity index (χ1v) is 5.06. The second-order valence-corrected chi connectivity index (χ2v) is 3.91. The number of hydrogen-bond acceptors (Lipinski definition) is 6. The number of ether oxygens (including phenoxy) is 1. The summed E-state index contributed by atoms with van der Waals surface area (Å²) in [6.45, 7) is 0.289. The van der Waals surface area contributed by atoms with Crippen molar-refractivity contribution >= 4 is 28.5 Å². The molecule has 78 valence electrons. The summed E-state index contributed by atoms with van der Waals surface area (Å²) in [5.74, 6) is -0.503. The summed E-state index contributed by atoms with van der Waals surface area (Å²) in [5, 5.41) is 3.42. The molecule has 0 saturated carbocycles. The standard InChI is InChI=1S/C9H8N2O3S/c1-14-9(13)6-3-2-5-8(11-6)15-7(12)4-10-5/h2-3,10H,4H2,1H3. The molecule has 1 aliphatic rings. The third kappa shape index (κ3) is 1.94. The van der Waals surface area contributed by atoms with Crippen molar-refractivity contribution < 1.29 is 14.3 Å². The highest BCUT2D eigenvalue weighted by Crippen LogP contribution is 2.29. The predicted octanol–water partition coefficient (Wildman–Crippen LogP) is 0.912. The van der Waals surface area contributed by atoms with E-state index in [1.54, 1.807) is 12.1 Å². The molecule has 0 radical (unpaired) electrons. The number of aromatic nitrogens is 1. The quantitative estimate of drug-likeness (QED) is 0.715. The number of nitrogens with one attached hydrogen (secondary N) is 1. The zero-order valence-corrected chi connectivity index (χ0v) is 8.76. The summed E-state index contributed by atoms with van der Waals surface area (Å²) in [4.78, 5) is 26.3. The summed E-state index contributed by atoms with van der Waals surface area (Å²) in [5.41, 5.74) is 0.979. The van der Waals surface area contributed by atoms with Crippen molar-refractivity contribution in [3.63, 3.8) is 0 Å². The normalized spacial score (nSPS) is 14.1. The molecule has 1 aliphatic heterocycles. The number of hydrogen-bond donors (Lipinski definition) is 1. The van der Waals surface area contributed by atoms with Crippen LogP contribution in [0.4, 0.5) is 5.69 Å². The van der Waals surface area contributed by atoms with Gasteiger partial charge in [0.25, 0.3) is 0 Å². The van der Waals surface area contributed by atoms with E-state index in [4.69, 9.17) is 0 Å². The number of carbonyl (C=O) groups is 2. The Balaban J connectivity index is 2.36. The van der Waals surface area contributed by atoms with E-state index in [0.29, 0.717) is 5.03 Å². The van der Waals surface area contributed by atoms with Crippen LogP contribution in [0, 0.1) is 0 Å². The van der Waals surface area contributed by atoms with Gasteiger partial charge in [-0.25, -0.2) is 9.78 Å². The number of thioether (sulfide) groups is 1. The fraction of sp³-hybridized carbons (Fsp3) is 0.222. The molecule has 1 N–H and O–H groups in total. The van der Waals surface area contributed by atoms with Gasteiger partial charge in [0.2, 0.25) is 5.12 Å². The van der Waals surface area contributed by atoms with Gasteiger partial charge in [-0.2, -0.15) is 0 Å². The molecular weight excluding hydrogens is 216 g/mol. The van der Waals surface area contributed by atoms with Gasteiger partial charge in [0.15, 0.2) is 0 Å². The maximum Gasteiger partial charge on any atom is 0.356 e. The highest BCUT2D eigenvalue weighted by molar-refractivity contribution is 8.13. The smallest absolute Gasteiger partial charge is 0.356 e. The largest absolute Gasteiger partial charge is 0.464 e. The summed E-state index contributed by atoms with van der Waals surface area (Å²) in [6, 6.07) is 3.28. The molecular formula is C9H8N2O3S. The first-order valence-electron chi connectivity index (χ1n) is 4.24. The maximum atomic E-state index is 11.2. The number of fused-ring (bicyclic) bond motifs is 1. The summed E-state index contributed by atoms with van der Waals surface area (Å²) in [7, 11) is 1.29. The Morgan fingerprint density at radius 2 is 2.40 bits per heavy atom. The Hall–Kier alpha value is -1.56. The third-order valence-electron chi connectivity index (χ3n) is 1.89. The fourth-order valence-electron chi connectivity index (χ4n) is 1.18. The van der Waals surface area contributed by atoms with Gasteiger partial charge in [-0.05, 0) is 23.9 Å². The molecule has 15 heavy (non-hydrogen) atoms. The lowest BCUT2D eigenvalue weighted by Crippen LogP contribution is -2.17. The molecule has 0 aliphatic carbocycles. The summed E-state index contributed by atoms with van der Waals surface area (Å²) in [6.07, 6.45) is 0. The highest BCUT2D eigenvalue weighted by atomic mass is 32.2. The first kappa shape index (κ1) is 9.97. The van der Waals surface area contributed by atoms with Gasteiger partial charge in [-0.3, -0.25) is 4.79 Å². The van der Waals surface area contributed by atoms with Crippen molar-refractivity contribution in [2.45, 2.75) is 5.03 Å². The van der Waals surface area contributed by atoms with Crippen LogP contribution >= 0.6 is 11.8 Å². The Labute approximate surface area is 90.2 Å². The van der Waals surface area contributed by atoms with E-state index in [1.165, 1.54) is 7.11 Å². The minimum Gasteiger partial charge on any atom is -0.464 e. The average Bonchev–Trinajstić information content (AvgIpc) is 2.27. The lowest BCUT2D eigenvalue weighted by atomic mass is 10.3. The van der Waals surface area contributed by atoms with Gasteiger partial charge in [0.1, 0.15) is 10.7 Å². The summed E-state index contributed by atoms with van der Waals surface area (Å²) >= 11 is 1.03. The molecule has 1 aromatic rings. The fourth-order valence-corrected chi connectivity index (χ4v) is 1.94. The third-order valence-corrected chi connectivity index (χ3v) is 2.77. The minimum absolute atomic E-state index is 0.0167. The van der Waals surface area contributed by atoms with Gasteiger partial charge < -0.3 is 10.1 Å². The Kier molecular flexibility index (Phi) is 2.59. The lowest BCUT2D eigenvalue weighted by Gasteiger charge is -2.15. The summed E-state index contributed by atoms with van der Waals surface area (Å²) < 4.78 is 4.54. The number of anilines is 1. The molecule has 2 rings (SSSR count). The molecule has 6 heteroatoms. The van der Waals surface area contributed by atoms with E-state index < -0.39 is 5.97 Å². The minimum atomic E-state index is -0.503. The van der Waals surface area contributed by atoms with E-state index in [0.717, 1.165) is 17.4 Å². The Bertz CT molecular complexity index is 433. The van der Waals surface area contributed by atoms with E-state index in [-0.39, 0.29) is 17.4 Å². The van der Waals surface area contributed by atoms with Crippen LogP contribution in [0.15, 0.2) is 17.2 Å². The lowest BCUT2D eigenvalue weighted by molar-refractivity contribution is -0.109. The Morgan fingerprint density at radius 1 is 1.60 bits per heavy atom. The van der Waals surface area contributed by atoms with Gasteiger partial charge >= 0.3 is 5.97 Å². The van der Waals surface area contributed by atoms with Crippen LogP contribution in [0.25, 0.3) is 0 Å². The van der Waals surface area contributed by atoms with Gasteiger partial charge in [-0.15, -0.1) is 0 Å². The van der Waals surface area contributed by atoms with Crippen LogP contribution in [0.2, 0.25) is 0 Å². The van der Waals surface area contributed by atoms with Crippen molar-refractivity contribution in [2.24, 2.45) is 0 Å². The zero-order chi connectivity index (χ0) is 10.8. The second kappa shape index (κ2) is 3.90. The molecule has 0 fully saturated rings. The molecule has 0 saturated heterocycles. The van der Waals surface area contributed by atoms with Gasteiger partial charge in [0.05, 0.1) is 19.3 Å². The molecule has 0 bridgehead atoms. The topological polar surface area (TPSA) is 68.3 Å². The van der Waals surface area contributed by atoms with Crippen molar-refractivity contribution in [1.29, 1.82) is 0 Å². The van der Waals surface area contributed by atoms with Crippen LogP contribution in [0.3, 0.4) is 0 Å². The molecule has 0 aromatic carbocycles. The first-order chi connectivity index (χ1) is 7.20. The van der Waals surface area contributed by atoms with Gasteiger partial charge in [-0.1, -0.05) is 0 Å². The van der Waals surface area contributed by atoms with Crippen LogP contribution in [-0.4, -0.2) is 29.7 Å². The molecule has 0 atom stereocenters. The van der Waals surface area contributed by atoms with E-state index >= 15 is 0 Å². The molecule has 5 nitrogen and oxygen atoms in total. The predicted molar refractivity (Wildman–Crippen MR) is 54.9 cm³/mol. The van der Waals surface area contributed by atoms with Crippen LogP contribution < -0.4 is 5.32 Å². The number of esters is 1. The number of pyridine rings is 1. The van der Waals surface area contributed by atoms with Crippen molar-refractivity contribution in [2.75, 3.05) is 19.0 Å². The second-order valence-electron chi connectivity index (χ2n) is 2.87. The van der Waals surface area contributed by atoms with Crippen molar-refractivity contribution in [3.8, 4) is 0 Å². The Morgan fingerprint density at radius 3 is 3.13 bits per heavy atom. The SMILES string of the molecule is COC(=O)c1ccc2c(n1)SC(=O)CN2. The maximum absolute atomic E-state index is 11.2. The number of methoxy groups -OCH3 is 1. The van der Waals surface area contributed by atoms with E-state index in [9.17, 15) is 9.59 Å². The molecule has 0 amide bonds. The molecule has 2 heterocycles. The number of carbonyl (C=O) groups excluding carboxylic acids is 2. The number of nitrogens with zero attached hydrogens (tertiary/aromatic N) is 1. The van der Waals surface area contributed by atoms with Crippen molar-refractivity contribution in [1.82, 2.24) is 4.98 Å². The van der Waals surface area contributed by atoms with E-state index in [1.807, 2.05) is 0 Å². The highest BCUT2D eigenvalue weighted by Gasteiger charge is 2.19. The van der Waals surface area contributed by atoms with Crippen LogP contribution in [0.1, 0.15) is 10.5 Å². The monoisotopic (exact) mass is 224 g/mol. The van der Waals surface area contributed by atoms with E-state index in [2.05, 4.69) is 15.0 Å². The van der Waals surface area contributed by atoms with Gasteiger partial charge in [0, 0.05) is 0 Å². The van der Waals surface area contributed by atoms with Crippen LogP contribution in [0.5, 0.6) is 0 Å². The van der Waals surface area contributed by atoms with Crippen LogP contribution in [-0.2, 0) is 9.53 Å². The molecule has 0 spiro atoms. The molecule has 1 aromatic heterocycles.